The van der Waals surface area contributed by atoms with Crippen molar-refractivity contribution in [3.63, 3.8) is 0 Å². The Labute approximate surface area is 76.2 Å². The van der Waals surface area contributed by atoms with Gasteiger partial charge in [0.15, 0.2) is 0 Å². The average molecular weight is 191 g/mol. The van der Waals surface area contributed by atoms with Crippen LogP contribution >= 0.6 is 11.8 Å². The first kappa shape index (κ1) is 11.0. The standard InChI is InChI=1S/C4H8O2.C3H3ClN2/c1-3-6-4(2)5;4-6-3-1-2-5-6/h3H2,1-2H3;1-3H. The van der Waals surface area contributed by atoms with Crippen LogP contribution in [-0.2, 0) is 9.53 Å². The maximum atomic E-state index is 9.82. The molecule has 0 N–H and O–H groups in total. The zero-order valence-corrected chi connectivity index (χ0v) is 7.78. The molecule has 0 aliphatic carbocycles. The van der Waals surface area contributed by atoms with Gasteiger partial charge in [-0.2, -0.15) is 9.30 Å². The van der Waals surface area contributed by atoms with Crippen LogP contribution < -0.4 is 0 Å². The number of ether oxygens (including phenoxy) is 1. The van der Waals surface area contributed by atoms with E-state index in [0.717, 1.165) is 0 Å². The van der Waals surface area contributed by atoms with Crippen molar-refractivity contribution in [3.05, 3.63) is 18.5 Å². The van der Waals surface area contributed by atoms with Gasteiger partial charge in [0.2, 0.25) is 0 Å². The highest BCUT2D eigenvalue weighted by Crippen LogP contribution is 1.82. The number of esters is 1. The van der Waals surface area contributed by atoms with Gasteiger partial charge in [0.05, 0.1) is 12.8 Å². The summed E-state index contributed by atoms with van der Waals surface area (Å²) in [5, 5.41) is 3.60. The maximum absolute atomic E-state index is 9.82. The first-order valence-corrected chi connectivity index (χ1v) is 3.79. The van der Waals surface area contributed by atoms with E-state index < -0.39 is 0 Å². The molecule has 0 radical (unpaired) electrons. The van der Waals surface area contributed by atoms with Gasteiger partial charge in [0.1, 0.15) is 0 Å². The summed E-state index contributed by atoms with van der Waals surface area (Å²) in [6, 6.07) is 1.76. The Morgan fingerprint density at radius 3 is 2.50 bits per heavy atom. The first-order chi connectivity index (χ1) is 5.66. The number of hydrogen-bond acceptors (Lipinski definition) is 3. The maximum Gasteiger partial charge on any atom is 0.302 e. The summed E-state index contributed by atoms with van der Waals surface area (Å²) in [6.45, 7) is 3.65. The molecule has 0 saturated carbocycles. The lowest BCUT2D eigenvalue weighted by Crippen LogP contribution is -1.95. The average Bonchev–Trinajstić information content (AvgIpc) is 2.40. The fourth-order valence-electron chi connectivity index (χ4n) is 0.453. The van der Waals surface area contributed by atoms with Gasteiger partial charge in [0.25, 0.3) is 0 Å². The minimum absolute atomic E-state index is 0.211. The third-order valence-electron chi connectivity index (χ3n) is 0.820. The summed E-state index contributed by atoms with van der Waals surface area (Å²) < 4.78 is 5.62. The van der Waals surface area contributed by atoms with Crippen LogP contribution in [0.3, 0.4) is 0 Å². The van der Waals surface area contributed by atoms with Crippen LogP contribution in [0.25, 0.3) is 0 Å². The van der Waals surface area contributed by atoms with Crippen LogP contribution in [0.4, 0.5) is 0 Å². The van der Waals surface area contributed by atoms with E-state index in [0.29, 0.717) is 6.61 Å². The molecule has 0 fully saturated rings. The summed E-state index contributed by atoms with van der Waals surface area (Å²) in [7, 11) is 0. The SMILES string of the molecule is CCOC(C)=O.Cln1cccn1. The predicted octanol–water partition coefficient (Wildman–Crippen LogP) is 1.45. The molecule has 0 aromatic carbocycles. The second kappa shape index (κ2) is 6.67. The molecule has 0 aliphatic rings. The van der Waals surface area contributed by atoms with Gasteiger partial charge in [-0.1, -0.05) is 0 Å². The van der Waals surface area contributed by atoms with E-state index in [4.69, 9.17) is 11.8 Å². The molecule has 0 saturated heterocycles. The molecule has 1 aromatic heterocycles. The Morgan fingerprint density at radius 1 is 1.75 bits per heavy atom. The third-order valence-corrected chi connectivity index (χ3v) is 1.02. The Kier molecular flexibility index (Phi) is 6.09. The highest BCUT2D eigenvalue weighted by atomic mass is 35.5. The van der Waals surface area contributed by atoms with Gasteiger partial charge in [-0.05, 0) is 13.0 Å². The number of nitrogens with zero attached hydrogens (tertiary/aromatic N) is 2. The van der Waals surface area contributed by atoms with Crippen LogP contribution in [0.15, 0.2) is 18.5 Å². The van der Waals surface area contributed by atoms with E-state index in [9.17, 15) is 4.79 Å². The fourth-order valence-corrected chi connectivity index (χ4v) is 0.569. The van der Waals surface area contributed by atoms with E-state index in [-0.39, 0.29) is 5.97 Å². The molecule has 0 atom stereocenters. The summed E-state index contributed by atoms with van der Waals surface area (Å²) in [4.78, 5) is 9.82. The van der Waals surface area contributed by atoms with E-state index in [1.165, 1.54) is 11.1 Å². The number of rotatable bonds is 1. The van der Waals surface area contributed by atoms with Crippen LogP contribution in [-0.4, -0.2) is 21.9 Å². The third kappa shape index (κ3) is 7.08. The Morgan fingerprint density at radius 2 is 2.42 bits per heavy atom. The lowest BCUT2D eigenvalue weighted by Gasteiger charge is -1.89. The molecule has 1 aromatic rings. The van der Waals surface area contributed by atoms with Crippen molar-refractivity contribution < 1.29 is 9.53 Å². The normalized spacial score (nSPS) is 8.25. The molecule has 5 heteroatoms. The number of carbonyl (C=O) groups is 1. The Bertz CT molecular complexity index is 211. The predicted molar refractivity (Wildman–Crippen MR) is 45.8 cm³/mol. The highest BCUT2D eigenvalue weighted by Gasteiger charge is 1.81. The molecule has 0 bridgehead atoms. The van der Waals surface area contributed by atoms with Gasteiger partial charge in [-0.15, -0.1) is 0 Å². The van der Waals surface area contributed by atoms with Crippen molar-refractivity contribution >= 4 is 17.7 Å². The summed E-state index contributed by atoms with van der Waals surface area (Å²) in [5.41, 5.74) is 0. The minimum Gasteiger partial charge on any atom is -0.466 e. The van der Waals surface area contributed by atoms with Crippen LogP contribution in [0.5, 0.6) is 0 Å². The molecule has 4 nitrogen and oxygen atoms in total. The largest absolute Gasteiger partial charge is 0.466 e. The van der Waals surface area contributed by atoms with Crippen LogP contribution in [0, 0.1) is 0 Å². The molecule has 68 valence electrons. The van der Waals surface area contributed by atoms with E-state index in [2.05, 4.69) is 9.84 Å². The van der Waals surface area contributed by atoms with Crippen LogP contribution in [0.2, 0.25) is 0 Å². The van der Waals surface area contributed by atoms with Crippen molar-refractivity contribution in [2.45, 2.75) is 13.8 Å². The summed E-state index contributed by atoms with van der Waals surface area (Å²) >= 11 is 5.26. The molecular weight excluding hydrogens is 180 g/mol. The van der Waals surface area contributed by atoms with E-state index in [1.54, 1.807) is 25.4 Å². The van der Waals surface area contributed by atoms with Crippen molar-refractivity contribution in [3.8, 4) is 0 Å². The summed E-state index contributed by atoms with van der Waals surface area (Å²) in [5.74, 6) is -0.211. The Hall–Kier alpha value is -1.03. The molecule has 1 heterocycles. The number of aromatic nitrogens is 2. The van der Waals surface area contributed by atoms with Gasteiger partial charge in [-0.25, -0.2) is 0 Å². The summed E-state index contributed by atoms with van der Waals surface area (Å²) in [6.07, 6.45) is 3.27. The molecule has 0 amide bonds. The first-order valence-electron chi connectivity index (χ1n) is 3.46. The monoisotopic (exact) mass is 190 g/mol. The smallest absolute Gasteiger partial charge is 0.302 e. The lowest BCUT2D eigenvalue weighted by atomic mass is 10.8. The highest BCUT2D eigenvalue weighted by molar-refractivity contribution is 6.14. The van der Waals surface area contributed by atoms with E-state index in [1.807, 2.05) is 0 Å². The van der Waals surface area contributed by atoms with Crippen molar-refractivity contribution in [1.29, 1.82) is 0 Å². The number of halogens is 1. The number of hydrogen-bond donors (Lipinski definition) is 0. The van der Waals surface area contributed by atoms with Gasteiger partial charge in [0, 0.05) is 24.9 Å². The molecule has 0 aliphatic heterocycles. The molecule has 0 spiro atoms. The lowest BCUT2D eigenvalue weighted by molar-refractivity contribution is -0.140. The Balaban J connectivity index is 0.000000202. The van der Waals surface area contributed by atoms with Gasteiger partial charge in [-0.3, -0.25) is 4.79 Å². The van der Waals surface area contributed by atoms with Crippen LogP contribution in [0.1, 0.15) is 13.8 Å². The zero-order chi connectivity index (χ0) is 9.40. The van der Waals surface area contributed by atoms with Crippen molar-refractivity contribution in [2.24, 2.45) is 0 Å². The van der Waals surface area contributed by atoms with E-state index >= 15 is 0 Å². The molecule has 12 heavy (non-hydrogen) atoms. The molecule has 0 unspecified atom stereocenters. The topological polar surface area (TPSA) is 44.1 Å². The number of carbonyl (C=O) groups excluding carboxylic acids is 1. The zero-order valence-electron chi connectivity index (χ0n) is 7.03. The second-order valence-corrected chi connectivity index (χ2v) is 2.17. The quantitative estimate of drug-likeness (QED) is 0.630. The fraction of sp³-hybridized carbons (Fsp3) is 0.429. The second-order valence-electron chi connectivity index (χ2n) is 1.82. The minimum atomic E-state index is -0.211. The van der Waals surface area contributed by atoms with Crippen molar-refractivity contribution in [2.75, 3.05) is 6.61 Å². The molecular formula is C7H11ClN2O2. The molecule has 1 rings (SSSR count). The van der Waals surface area contributed by atoms with Gasteiger partial charge >= 0.3 is 5.97 Å². The van der Waals surface area contributed by atoms with Gasteiger partial charge < -0.3 is 4.74 Å². The van der Waals surface area contributed by atoms with Crippen molar-refractivity contribution in [1.82, 2.24) is 9.30 Å².